The van der Waals surface area contributed by atoms with Gasteiger partial charge < -0.3 is 0 Å². The zero-order valence-corrected chi connectivity index (χ0v) is 20.1. The summed E-state index contributed by atoms with van der Waals surface area (Å²) >= 11 is 0. The second-order valence-electron chi connectivity index (χ2n) is 10.6. The van der Waals surface area contributed by atoms with Gasteiger partial charge in [0, 0.05) is 18.3 Å². The van der Waals surface area contributed by atoms with Gasteiger partial charge in [0.15, 0.2) is 0 Å². The fourth-order valence-electron chi connectivity index (χ4n) is 6.02. The highest BCUT2D eigenvalue weighted by molar-refractivity contribution is 5.08. The molecular weight excluding hydrogens is 364 g/mol. The molecule has 0 bridgehead atoms. The highest BCUT2D eigenvalue weighted by Gasteiger charge is 2.26. The third-order valence-corrected chi connectivity index (χ3v) is 8.14. The molecule has 2 saturated carbocycles. The van der Waals surface area contributed by atoms with E-state index in [2.05, 4.69) is 26.2 Å². The third-order valence-electron chi connectivity index (χ3n) is 8.14. The van der Waals surface area contributed by atoms with E-state index in [4.69, 9.17) is 9.97 Å². The molecule has 2 fully saturated rings. The number of nitrogens with zero attached hydrogens (tertiary/aromatic N) is 2. The molecule has 30 heavy (non-hydrogen) atoms. The lowest BCUT2D eigenvalue weighted by molar-refractivity contribution is 0.221. The van der Waals surface area contributed by atoms with Crippen molar-refractivity contribution in [1.82, 2.24) is 9.97 Å². The summed E-state index contributed by atoms with van der Waals surface area (Å²) in [5.74, 6) is 4.79. The number of hydrogen-bond donors (Lipinski definition) is 0. The van der Waals surface area contributed by atoms with Crippen molar-refractivity contribution in [3.8, 4) is 0 Å². The van der Waals surface area contributed by atoms with E-state index >= 15 is 0 Å². The summed E-state index contributed by atoms with van der Waals surface area (Å²) in [6.45, 7) is 4.53. The SMILES string of the molecule is CCCCCCCC1CCC(CCC2CCC(c3ncc(CCC)cn3)CC2)CC1. The number of aryl methyl sites for hydroxylation is 1. The second-order valence-corrected chi connectivity index (χ2v) is 10.6. The first-order valence-corrected chi connectivity index (χ1v) is 13.6. The molecule has 2 heteroatoms. The molecular formula is C28H48N2. The molecule has 0 aromatic carbocycles. The molecule has 0 radical (unpaired) electrons. The number of aromatic nitrogens is 2. The highest BCUT2D eigenvalue weighted by atomic mass is 14.9. The largest absolute Gasteiger partial charge is 0.241 e. The summed E-state index contributed by atoms with van der Waals surface area (Å²) in [5, 5.41) is 0. The first-order chi connectivity index (χ1) is 14.8. The molecule has 2 nitrogen and oxygen atoms in total. The standard InChI is InChI=1S/C28H48N2/c1-3-5-6-7-8-10-23-11-13-24(14-12-23)15-16-25-17-19-27(20-18-25)28-29-21-26(9-4-2)22-30-28/h21-25,27H,3-20H2,1-2H3. The summed E-state index contributed by atoms with van der Waals surface area (Å²) < 4.78 is 0. The average molecular weight is 413 g/mol. The third kappa shape index (κ3) is 7.97. The minimum Gasteiger partial charge on any atom is -0.241 e. The van der Waals surface area contributed by atoms with Crippen molar-refractivity contribution < 1.29 is 0 Å². The van der Waals surface area contributed by atoms with Crippen LogP contribution in [0, 0.1) is 17.8 Å². The smallest absolute Gasteiger partial charge is 0.131 e. The predicted octanol–water partition coefficient (Wildman–Crippen LogP) is 8.65. The van der Waals surface area contributed by atoms with Gasteiger partial charge in [0.2, 0.25) is 0 Å². The molecule has 0 amide bonds. The number of rotatable bonds is 12. The van der Waals surface area contributed by atoms with Gasteiger partial charge in [-0.05, 0) is 55.4 Å². The lowest BCUT2D eigenvalue weighted by Gasteiger charge is -2.31. The maximum Gasteiger partial charge on any atom is 0.131 e. The summed E-state index contributed by atoms with van der Waals surface area (Å²) in [4.78, 5) is 9.39. The molecule has 170 valence electrons. The van der Waals surface area contributed by atoms with E-state index in [0.717, 1.165) is 30.0 Å². The van der Waals surface area contributed by atoms with E-state index in [1.54, 1.807) is 0 Å². The first kappa shape index (κ1) is 23.7. The monoisotopic (exact) mass is 412 g/mol. The van der Waals surface area contributed by atoms with Crippen molar-refractivity contribution in [2.45, 2.75) is 135 Å². The van der Waals surface area contributed by atoms with Crippen molar-refractivity contribution in [2.24, 2.45) is 17.8 Å². The van der Waals surface area contributed by atoms with Crippen LogP contribution >= 0.6 is 0 Å². The van der Waals surface area contributed by atoms with Crippen molar-refractivity contribution in [2.75, 3.05) is 0 Å². The number of unbranched alkanes of at least 4 members (excludes halogenated alkanes) is 4. The summed E-state index contributed by atoms with van der Waals surface area (Å²) in [6, 6.07) is 0. The van der Waals surface area contributed by atoms with Gasteiger partial charge in [-0.3, -0.25) is 0 Å². The van der Waals surface area contributed by atoms with Crippen LogP contribution in [0.25, 0.3) is 0 Å². The second kappa shape index (κ2) is 13.5. The van der Waals surface area contributed by atoms with Crippen molar-refractivity contribution in [3.63, 3.8) is 0 Å². The van der Waals surface area contributed by atoms with Crippen LogP contribution in [-0.4, -0.2) is 9.97 Å². The maximum absolute atomic E-state index is 4.70. The Labute approximate surface area is 187 Å². The molecule has 0 atom stereocenters. The molecule has 3 rings (SSSR count). The molecule has 0 aliphatic heterocycles. The maximum atomic E-state index is 4.70. The normalized spacial score (nSPS) is 27.3. The molecule has 0 spiro atoms. The van der Waals surface area contributed by atoms with E-state index < -0.39 is 0 Å². The van der Waals surface area contributed by atoms with Crippen molar-refractivity contribution in [1.29, 1.82) is 0 Å². The Morgan fingerprint density at radius 3 is 1.73 bits per heavy atom. The Morgan fingerprint density at radius 2 is 1.17 bits per heavy atom. The van der Waals surface area contributed by atoms with Gasteiger partial charge in [-0.25, -0.2) is 9.97 Å². The van der Waals surface area contributed by atoms with Gasteiger partial charge in [0.25, 0.3) is 0 Å². The molecule has 1 aromatic heterocycles. The van der Waals surface area contributed by atoms with Gasteiger partial charge in [-0.1, -0.05) is 97.3 Å². The van der Waals surface area contributed by atoms with E-state index in [1.807, 2.05) is 0 Å². The van der Waals surface area contributed by atoms with Crippen LogP contribution in [0.5, 0.6) is 0 Å². The van der Waals surface area contributed by atoms with E-state index in [1.165, 1.54) is 115 Å². The lowest BCUT2D eigenvalue weighted by atomic mass is 9.74. The van der Waals surface area contributed by atoms with Crippen LogP contribution in [0.15, 0.2) is 12.4 Å². The molecule has 0 unspecified atom stereocenters. The fourth-order valence-corrected chi connectivity index (χ4v) is 6.02. The van der Waals surface area contributed by atoms with Gasteiger partial charge in [0.05, 0.1) is 0 Å². The van der Waals surface area contributed by atoms with Gasteiger partial charge >= 0.3 is 0 Å². The minimum absolute atomic E-state index is 0.615. The van der Waals surface area contributed by atoms with Crippen LogP contribution in [0.2, 0.25) is 0 Å². The summed E-state index contributed by atoms with van der Waals surface area (Å²) in [6.07, 6.45) is 29.7. The minimum atomic E-state index is 0.615. The predicted molar refractivity (Wildman–Crippen MR) is 129 cm³/mol. The Morgan fingerprint density at radius 1 is 0.633 bits per heavy atom. The quantitative estimate of drug-likeness (QED) is 0.321. The van der Waals surface area contributed by atoms with Crippen LogP contribution in [0.4, 0.5) is 0 Å². The Bertz CT molecular complexity index is 551. The lowest BCUT2D eigenvalue weighted by Crippen LogP contribution is -2.18. The van der Waals surface area contributed by atoms with E-state index in [9.17, 15) is 0 Å². The number of hydrogen-bond acceptors (Lipinski definition) is 2. The van der Waals surface area contributed by atoms with Crippen molar-refractivity contribution in [3.05, 3.63) is 23.8 Å². The zero-order valence-electron chi connectivity index (χ0n) is 20.1. The highest BCUT2D eigenvalue weighted by Crippen LogP contribution is 2.39. The van der Waals surface area contributed by atoms with Crippen LogP contribution in [-0.2, 0) is 6.42 Å². The van der Waals surface area contributed by atoms with Crippen LogP contribution < -0.4 is 0 Å². The fraction of sp³-hybridized carbons (Fsp3) is 0.857. The molecule has 2 aliphatic carbocycles. The molecule has 1 aromatic rings. The van der Waals surface area contributed by atoms with Crippen LogP contribution in [0.3, 0.4) is 0 Å². The Kier molecular flexibility index (Phi) is 10.7. The van der Waals surface area contributed by atoms with Gasteiger partial charge in [-0.15, -0.1) is 0 Å². The molecule has 2 aliphatic rings. The topological polar surface area (TPSA) is 25.8 Å². The first-order valence-electron chi connectivity index (χ1n) is 13.6. The van der Waals surface area contributed by atoms with Gasteiger partial charge in [-0.2, -0.15) is 0 Å². The Balaban J connectivity index is 1.26. The average Bonchev–Trinajstić information content (AvgIpc) is 2.79. The summed E-state index contributed by atoms with van der Waals surface area (Å²) in [5.41, 5.74) is 1.29. The zero-order chi connectivity index (χ0) is 21.0. The molecule has 1 heterocycles. The molecule has 0 saturated heterocycles. The van der Waals surface area contributed by atoms with E-state index in [0.29, 0.717) is 5.92 Å². The summed E-state index contributed by atoms with van der Waals surface area (Å²) in [7, 11) is 0. The van der Waals surface area contributed by atoms with E-state index in [-0.39, 0.29) is 0 Å². The van der Waals surface area contributed by atoms with Crippen molar-refractivity contribution >= 4 is 0 Å². The molecule has 0 N–H and O–H groups in total. The van der Waals surface area contributed by atoms with Gasteiger partial charge in [0.1, 0.15) is 5.82 Å². The Hall–Kier alpha value is -0.920. The van der Waals surface area contributed by atoms with Crippen LogP contribution in [0.1, 0.15) is 140 Å².